The monoisotopic (exact) mass is 222 g/mol. The van der Waals surface area contributed by atoms with Crippen molar-refractivity contribution in [2.45, 2.75) is 13.3 Å². The van der Waals surface area contributed by atoms with Crippen molar-refractivity contribution in [3.05, 3.63) is 41.7 Å². The molecule has 3 N–H and O–H groups in total. The Balaban J connectivity index is 2.86. The molecular formula is C12H15FN2O. The summed E-state index contributed by atoms with van der Waals surface area (Å²) in [7, 11) is 0. The van der Waals surface area contributed by atoms with Gasteiger partial charge in [0.15, 0.2) is 0 Å². The van der Waals surface area contributed by atoms with Crippen molar-refractivity contribution in [3.8, 4) is 0 Å². The molecule has 0 saturated heterocycles. The number of carbonyl (C=O) groups is 1. The smallest absolute Gasteiger partial charge is 0.254 e. The van der Waals surface area contributed by atoms with Crippen molar-refractivity contribution in [3.63, 3.8) is 0 Å². The maximum Gasteiger partial charge on any atom is 0.254 e. The fraction of sp³-hybridized carbons (Fsp3) is 0.250. The van der Waals surface area contributed by atoms with E-state index in [2.05, 4.69) is 11.9 Å². The first-order chi connectivity index (χ1) is 7.56. The van der Waals surface area contributed by atoms with Gasteiger partial charge in [-0.25, -0.2) is 4.39 Å². The molecule has 0 spiro atoms. The van der Waals surface area contributed by atoms with Gasteiger partial charge >= 0.3 is 0 Å². The maximum absolute atomic E-state index is 13.6. The summed E-state index contributed by atoms with van der Waals surface area (Å²) in [5.41, 5.74) is 6.30. The summed E-state index contributed by atoms with van der Waals surface area (Å²) in [6, 6.07) is 2.83. The van der Waals surface area contributed by atoms with Gasteiger partial charge in [0.05, 0.1) is 5.56 Å². The van der Waals surface area contributed by atoms with Crippen LogP contribution >= 0.6 is 0 Å². The zero-order valence-corrected chi connectivity index (χ0v) is 9.22. The van der Waals surface area contributed by atoms with Crippen LogP contribution in [-0.2, 0) is 0 Å². The molecule has 0 aliphatic rings. The van der Waals surface area contributed by atoms with Crippen LogP contribution in [0.3, 0.4) is 0 Å². The Hall–Kier alpha value is -1.84. The number of halogens is 1. The van der Waals surface area contributed by atoms with Crippen LogP contribution in [0, 0.1) is 12.7 Å². The summed E-state index contributed by atoms with van der Waals surface area (Å²) in [5.74, 6) is -0.972. The van der Waals surface area contributed by atoms with Gasteiger partial charge < -0.3 is 11.1 Å². The Morgan fingerprint density at radius 3 is 2.94 bits per heavy atom. The van der Waals surface area contributed by atoms with E-state index in [0.717, 1.165) is 0 Å². The van der Waals surface area contributed by atoms with Gasteiger partial charge in [-0.2, -0.15) is 0 Å². The first kappa shape index (κ1) is 12.2. The van der Waals surface area contributed by atoms with E-state index in [1.54, 1.807) is 13.0 Å². The molecule has 0 fully saturated rings. The van der Waals surface area contributed by atoms with Gasteiger partial charge in [0, 0.05) is 12.2 Å². The summed E-state index contributed by atoms with van der Waals surface area (Å²) >= 11 is 0. The van der Waals surface area contributed by atoms with Crippen molar-refractivity contribution in [2.24, 2.45) is 0 Å². The van der Waals surface area contributed by atoms with Crippen LogP contribution in [0.2, 0.25) is 0 Å². The lowest BCUT2D eigenvalue weighted by Gasteiger charge is -2.07. The molecular weight excluding hydrogens is 207 g/mol. The number of nitrogens with one attached hydrogen (secondary N) is 1. The molecule has 0 unspecified atom stereocenters. The second-order valence-corrected chi connectivity index (χ2v) is 3.53. The molecule has 86 valence electrons. The van der Waals surface area contributed by atoms with Crippen LogP contribution in [0.4, 0.5) is 10.1 Å². The van der Waals surface area contributed by atoms with Crippen LogP contribution in [-0.4, -0.2) is 12.5 Å². The lowest BCUT2D eigenvalue weighted by molar-refractivity contribution is 0.0950. The number of hydrogen-bond donors (Lipinski definition) is 2. The molecule has 0 aliphatic carbocycles. The van der Waals surface area contributed by atoms with Crippen LogP contribution in [0.25, 0.3) is 0 Å². The molecule has 0 radical (unpaired) electrons. The average Bonchev–Trinajstić information content (AvgIpc) is 2.23. The second-order valence-electron chi connectivity index (χ2n) is 3.53. The van der Waals surface area contributed by atoms with Crippen molar-refractivity contribution < 1.29 is 9.18 Å². The zero-order chi connectivity index (χ0) is 12.1. The summed E-state index contributed by atoms with van der Waals surface area (Å²) in [6.07, 6.45) is 2.33. The van der Waals surface area contributed by atoms with E-state index >= 15 is 0 Å². The van der Waals surface area contributed by atoms with E-state index in [0.29, 0.717) is 24.2 Å². The third kappa shape index (κ3) is 2.82. The highest BCUT2D eigenvalue weighted by Crippen LogP contribution is 2.16. The zero-order valence-electron chi connectivity index (χ0n) is 9.22. The second kappa shape index (κ2) is 5.30. The third-order valence-electron chi connectivity index (χ3n) is 2.16. The Bertz CT molecular complexity index is 416. The number of anilines is 1. The van der Waals surface area contributed by atoms with Crippen LogP contribution in [0.15, 0.2) is 24.8 Å². The minimum atomic E-state index is -0.523. The molecule has 4 heteroatoms. The van der Waals surface area contributed by atoms with Gasteiger partial charge in [-0.05, 0) is 31.0 Å². The van der Waals surface area contributed by atoms with Crippen LogP contribution < -0.4 is 11.1 Å². The average molecular weight is 222 g/mol. The molecule has 16 heavy (non-hydrogen) atoms. The van der Waals surface area contributed by atoms with Crippen molar-refractivity contribution in [1.82, 2.24) is 5.32 Å². The van der Waals surface area contributed by atoms with Crippen molar-refractivity contribution >= 4 is 11.6 Å². The third-order valence-corrected chi connectivity index (χ3v) is 2.16. The number of nitrogens with two attached hydrogens (primary N) is 1. The van der Waals surface area contributed by atoms with E-state index in [9.17, 15) is 9.18 Å². The Kier molecular flexibility index (Phi) is 4.05. The molecule has 0 saturated carbocycles. The van der Waals surface area contributed by atoms with E-state index < -0.39 is 11.7 Å². The van der Waals surface area contributed by atoms with E-state index in [-0.39, 0.29) is 5.56 Å². The Morgan fingerprint density at radius 1 is 1.62 bits per heavy atom. The number of benzene rings is 1. The van der Waals surface area contributed by atoms with E-state index in [1.807, 2.05) is 0 Å². The number of hydrogen-bond acceptors (Lipinski definition) is 2. The first-order valence-corrected chi connectivity index (χ1v) is 5.01. The summed E-state index contributed by atoms with van der Waals surface area (Å²) < 4.78 is 13.6. The predicted molar refractivity (Wildman–Crippen MR) is 62.7 cm³/mol. The lowest BCUT2D eigenvalue weighted by atomic mass is 10.1. The van der Waals surface area contributed by atoms with Gasteiger partial charge in [0.2, 0.25) is 0 Å². The standard InChI is InChI=1S/C12H15FN2O/c1-3-4-5-15-12(16)10-7-9(14)6-8(2)11(10)13/h3,6-7H,1,4-5,14H2,2H3,(H,15,16). The lowest BCUT2D eigenvalue weighted by Crippen LogP contribution is -2.25. The molecule has 1 aromatic rings. The SMILES string of the molecule is C=CCCNC(=O)c1cc(N)cc(C)c1F. The highest BCUT2D eigenvalue weighted by atomic mass is 19.1. The van der Waals surface area contributed by atoms with Crippen LogP contribution in [0.5, 0.6) is 0 Å². The van der Waals surface area contributed by atoms with Crippen molar-refractivity contribution in [1.29, 1.82) is 0 Å². The minimum absolute atomic E-state index is 0.0124. The Morgan fingerprint density at radius 2 is 2.31 bits per heavy atom. The number of amides is 1. The molecule has 0 aromatic heterocycles. The molecule has 1 rings (SSSR count). The highest BCUT2D eigenvalue weighted by Gasteiger charge is 2.13. The maximum atomic E-state index is 13.6. The van der Waals surface area contributed by atoms with Crippen molar-refractivity contribution in [2.75, 3.05) is 12.3 Å². The topological polar surface area (TPSA) is 55.1 Å². The van der Waals surface area contributed by atoms with E-state index in [4.69, 9.17) is 5.73 Å². The highest BCUT2D eigenvalue weighted by molar-refractivity contribution is 5.95. The first-order valence-electron chi connectivity index (χ1n) is 5.01. The quantitative estimate of drug-likeness (QED) is 0.465. The van der Waals surface area contributed by atoms with Gasteiger partial charge in [-0.3, -0.25) is 4.79 Å². The van der Waals surface area contributed by atoms with Gasteiger partial charge in [0.25, 0.3) is 5.91 Å². The molecule has 1 aromatic carbocycles. The number of aryl methyl sites for hydroxylation is 1. The Labute approximate surface area is 94.1 Å². The fourth-order valence-corrected chi connectivity index (χ4v) is 1.35. The fourth-order valence-electron chi connectivity index (χ4n) is 1.35. The molecule has 0 atom stereocenters. The summed E-state index contributed by atoms with van der Waals surface area (Å²) in [4.78, 5) is 11.6. The molecule has 1 amide bonds. The van der Waals surface area contributed by atoms with Gasteiger partial charge in [-0.15, -0.1) is 6.58 Å². The molecule has 0 heterocycles. The van der Waals surface area contributed by atoms with Gasteiger partial charge in [-0.1, -0.05) is 6.08 Å². The minimum Gasteiger partial charge on any atom is -0.399 e. The summed E-state index contributed by atoms with van der Waals surface area (Å²) in [5, 5.41) is 2.59. The van der Waals surface area contributed by atoms with Crippen LogP contribution in [0.1, 0.15) is 22.3 Å². The molecule has 0 bridgehead atoms. The molecule has 3 nitrogen and oxygen atoms in total. The number of carbonyl (C=O) groups excluding carboxylic acids is 1. The summed E-state index contributed by atoms with van der Waals surface area (Å²) in [6.45, 7) is 5.55. The predicted octanol–water partition coefficient (Wildman–Crippen LogP) is 2.02. The van der Waals surface area contributed by atoms with E-state index in [1.165, 1.54) is 12.1 Å². The number of rotatable bonds is 4. The molecule has 0 aliphatic heterocycles. The number of nitrogen functional groups attached to an aromatic ring is 1. The van der Waals surface area contributed by atoms with Gasteiger partial charge in [0.1, 0.15) is 5.82 Å². The largest absolute Gasteiger partial charge is 0.399 e. The normalized spacial score (nSPS) is 9.88.